The molecule has 0 aliphatic rings. The van der Waals surface area contributed by atoms with E-state index in [1.165, 1.54) is 6.07 Å². The van der Waals surface area contributed by atoms with Gasteiger partial charge in [0.1, 0.15) is 5.75 Å². The predicted octanol–water partition coefficient (Wildman–Crippen LogP) is 3.18. The molecule has 0 aliphatic heterocycles. The average Bonchev–Trinajstić information content (AvgIpc) is 1.96. The molecule has 1 aromatic rings. The fraction of sp³-hybridized carbons (Fsp3) is 0.333. The zero-order chi connectivity index (χ0) is 10.0. The molecule has 1 N–H and O–H groups in total. The summed E-state index contributed by atoms with van der Waals surface area (Å²) in [4.78, 5) is 1.93. The number of benzene rings is 1. The summed E-state index contributed by atoms with van der Waals surface area (Å²) in [6, 6.07) is 3.12. The average molecular weight is 257 g/mol. The first-order valence-electron chi connectivity index (χ1n) is 3.82. The molecule has 5 heteroatoms. The Bertz CT molecular complexity index is 292. The predicted molar refractivity (Wildman–Crippen MR) is 62.8 cm³/mol. The van der Waals surface area contributed by atoms with Crippen LogP contribution in [0.2, 0.25) is 10.0 Å². The highest BCUT2D eigenvalue weighted by atomic mass is 35.5. The molecular formula is C9H12Cl3NO. The molecule has 0 bridgehead atoms. The summed E-state index contributed by atoms with van der Waals surface area (Å²) in [6.07, 6.45) is 0. The summed E-state index contributed by atoms with van der Waals surface area (Å²) in [7, 11) is 3.81. The van der Waals surface area contributed by atoms with Crippen LogP contribution in [0.1, 0.15) is 5.56 Å². The van der Waals surface area contributed by atoms with Crippen LogP contribution in [-0.4, -0.2) is 24.1 Å². The molecule has 1 aromatic carbocycles. The minimum absolute atomic E-state index is 0. The van der Waals surface area contributed by atoms with Gasteiger partial charge < -0.3 is 10.0 Å². The highest BCUT2D eigenvalue weighted by Gasteiger charge is 2.08. The lowest BCUT2D eigenvalue weighted by Crippen LogP contribution is -2.11. The molecule has 2 nitrogen and oxygen atoms in total. The summed E-state index contributed by atoms with van der Waals surface area (Å²) in [5.41, 5.74) is 0.705. The van der Waals surface area contributed by atoms with E-state index in [4.69, 9.17) is 23.2 Å². The molecule has 14 heavy (non-hydrogen) atoms. The molecule has 0 aromatic heterocycles. The Morgan fingerprint density at radius 3 is 2.29 bits per heavy atom. The molecule has 0 fully saturated rings. The SMILES string of the molecule is CN(C)Cc1c(O)cc(Cl)cc1Cl.Cl. The van der Waals surface area contributed by atoms with Crippen LogP contribution in [0.5, 0.6) is 5.75 Å². The molecule has 1 rings (SSSR count). The number of rotatable bonds is 2. The number of halogens is 3. The molecule has 0 aliphatic carbocycles. The van der Waals surface area contributed by atoms with Crippen molar-refractivity contribution in [2.45, 2.75) is 6.54 Å². The van der Waals surface area contributed by atoms with Crippen molar-refractivity contribution < 1.29 is 5.11 Å². The van der Waals surface area contributed by atoms with Crippen molar-refractivity contribution in [2.24, 2.45) is 0 Å². The van der Waals surface area contributed by atoms with E-state index in [1.54, 1.807) is 6.07 Å². The Labute approximate surface area is 99.8 Å². The maximum atomic E-state index is 9.53. The van der Waals surface area contributed by atoms with E-state index < -0.39 is 0 Å². The van der Waals surface area contributed by atoms with Gasteiger partial charge in [0.2, 0.25) is 0 Å². The van der Waals surface area contributed by atoms with Crippen molar-refractivity contribution in [2.75, 3.05) is 14.1 Å². The van der Waals surface area contributed by atoms with Crippen molar-refractivity contribution in [1.29, 1.82) is 0 Å². The molecule has 0 amide bonds. The van der Waals surface area contributed by atoms with Crippen LogP contribution in [-0.2, 0) is 6.54 Å². The van der Waals surface area contributed by atoms with E-state index >= 15 is 0 Å². The molecule has 0 saturated carbocycles. The Hall–Kier alpha value is -0.150. The molecule has 0 radical (unpaired) electrons. The zero-order valence-corrected chi connectivity index (χ0v) is 10.2. The lowest BCUT2D eigenvalue weighted by molar-refractivity contribution is 0.386. The van der Waals surface area contributed by atoms with Gasteiger partial charge in [0, 0.05) is 17.1 Å². The van der Waals surface area contributed by atoms with Crippen LogP contribution in [0.15, 0.2) is 12.1 Å². The normalized spacial score (nSPS) is 10.1. The van der Waals surface area contributed by atoms with Crippen molar-refractivity contribution >= 4 is 35.6 Å². The van der Waals surface area contributed by atoms with Gasteiger partial charge in [-0.05, 0) is 26.2 Å². The molecule has 0 atom stereocenters. The lowest BCUT2D eigenvalue weighted by atomic mass is 10.2. The number of phenols is 1. The van der Waals surface area contributed by atoms with Gasteiger partial charge in [-0.1, -0.05) is 23.2 Å². The lowest BCUT2D eigenvalue weighted by Gasteiger charge is -2.12. The largest absolute Gasteiger partial charge is 0.508 e. The fourth-order valence-electron chi connectivity index (χ4n) is 1.06. The second kappa shape index (κ2) is 5.66. The van der Waals surface area contributed by atoms with Crippen LogP contribution in [0.4, 0.5) is 0 Å². The number of nitrogens with zero attached hydrogens (tertiary/aromatic N) is 1. The summed E-state index contributed by atoms with van der Waals surface area (Å²) >= 11 is 11.6. The third kappa shape index (κ3) is 3.54. The van der Waals surface area contributed by atoms with E-state index in [0.717, 1.165) is 0 Å². The van der Waals surface area contributed by atoms with Gasteiger partial charge in [-0.15, -0.1) is 12.4 Å². The van der Waals surface area contributed by atoms with Gasteiger partial charge in [-0.3, -0.25) is 0 Å². The molecular weight excluding hydrogens is 244 g/mol. The second-order valence-electron chi connectivity index (χ2n) is 3.12. The smallest absolute Gasteiger partial charge is 0.123 e. The van der Waals surface area contributed by atoms with Crippen molar-refractivity contribution in [3.05, 3.63) is 27.7 Å². The molecule has 80 valence electrons. The van der Waals surface area contributed by atoms with E-state index in [9.17, 15) is 5.11 Å². The standard InChI is InChI=1S/C9H11Cl2NO.ClH/c1-12(2)5-7-8(11)3-6(10)4-9(7)13;/h3-4,13H,5H2,1-2H3;1H. The summed E-state index contributed by atoms with van der Waals surface area (Å²) < 4.78 is 0. The minimum Gasteiger partial charge on any atom is -0.508 e. The topological polar surface area (TPSA) is 23.5 Å². The molecule has 0 heterocycles. The quantitative estimate of drug-likeness (QED) is 0.878. The molecule has 0 saturated heterocycles. The Morgan fingerprint density at radius 1 is 1.29 bits per heavy atom. The van der Waals surface area contributed by atoms with E-state index in [-0.39, 0.29) is 18.2 Å². The number of hydrogen-bond donors (Lipinski definition) is 1. The minimum atomic E-state index is 0. The summed E-state index contributed by atoms with van der Waals surface area (Å²) in [5, 5.41) is 10.5. The Kier molecular flexibility index (Phi) is 5.60. The van der Waals surface area contributed by atoms with Gasteiger partial charge in [-0.25, -0.2) is 0 Å². The van der Waals surface area contributed by atoms with Crippen LogP contribution >= 0.6 is 35.6 Å². The Balaban J connectivity index is 0.00000169. The van der Waals surface area contributed by atoms with Crippen LogP contribution < -0.4 is 0 Å². The van der Waals surface area contributed by atoms with Gasteiger partial charge in [0.25, 0.3) is 0 Å². The summed E-state index contributed by atoms with van der Waals surface area (Å²) in [5.74, 6) is 0.145. The summed E-state index contributed by atoms with van der Waals surface area (Å²) in [6.45, 7) is 0.599. The van der Waals surface area contributed by atoms with Crippen molar-refractivity contribution in [1.82, 2.24) is 4.90 Å². The van der Waals surface area contributed by atoms with Crippen LogP contribution in [0, 0.1) is 0 Å². The first-order chi connectivity index (χ1) is 6.00. The van der Waals surface area contributed by atoms with E-state index in [2.05, 4.69) is 0 Å². The maximum Gasteiger partial charge on any atom is 0.123 e. The highest BCUT2D eigenvalue weighted by molar-refractivity contribution is 6.35. The van der Waals surface area contributed by atoms with Gasteiger partial charge in [0.15, 0.2) is 0 Å². The van der Waals surface area contributed by atoms with Crippen molar-refractivity contribution in [3.8, 4) is 5.75 Å². The highest BCUT2D eigenvalue weighted by Crippen LogP contribution is 2.30. The number of aromatic hydroxyl groups is 1. The number of phenolic OH excluding ortho intramolecular Hbond substituents is 1. The maximum absolute atomic E-state index is 9.53. The van der Waals surface area contributed by atoms with E-state index in [0.29, 0.717) is 22.2 Å². The van der Waals surface area contributed by atoms with Crippen LogP contribution in [0.25, 0.3) is 0 Å². The van der Waals surface area contributed by atoms with Gasteiger partial charge in [-0.2, -0.15) is 0 Å². The zero-order valence-electron chi connectivity index (χ0n) is 7.92. The number of hydrogen-bond acceptors (Lipinski definition) is 2. The fourth-order valence-corrected chi connectivity index (χ4v) is 1.61. The third-order valence-electron chi connectivity index (χ3n) is 1.61. The first kappa shape index (κ1) is 13.8. The molecule has 0 unspecified atom stereocenters. The van der Waals surface area contributed by atoms with Gasteiger partial charge >= 0.3 is 0 Å². The molecule has 0 spiro atoms. The van der Waals surface area contributed by atoms with E-state index in [1.807, 2.05) is 19.0 Å². The first-order valence-corrected chi connectivity index (χ1v) is 4.58. The monoisotopic (exact) mass is 255 g/mol. The van der Waals surface area contributed by atoms with Crippen molar-refractivity contribution in [3.63, 3.8) is 0 Å². The third-order valence-corrected chi connectivity index (χ3v) is 2.17. The Morgan fingerprint density at radius 2 is 1.86 bits per heavy atom. The second-order valence-corrected chi connectivity index (χ2v) is 3.97. The van der Waals surface area contributed by atoms with Gasteiger partial charge in [0.05, 0.1) is 5.02 Å². The van der Waals surface area contributed by atoms with Crippen LogP contribution in [0.3, 0.4) is 0 Å².